The van der Waals surface area contributed by atoms with Crippen LogP contribution in [0.25, 0.3) is 0 Å². The lowest BCUT2D eigenvalue weighted by Crippen LogP contribution is -1.87. The zero-order valence-corrected chi connectivity index (χ0v) is 7.52. The number of hydrogen-bond acceptors (Lipinski definition) is 2. The Morgan fingerprint density at radius 1 is 1.36 bits per heavy atom. The number of anilines is 1. The Bertz CT molecular complexity index is 207. The summed E-state index contributed by atoms with van der Waals surface area (Å²) in [6.07, 6.45) is 0. The molecule has 0 radical (unpaired) electrons. The Balaban J connectivity index is 0.000000461. The van der Waals surface area contributed by atoms with Crippen molar-refractivity contribution in [3.63, 3.8) is 0 Å². The molecule has 0 saturated carbocycles. The van der Waals surface area contributed by atoms with Crippen molar-refractivity contribution >= 4 is 29.2 Å². The molecule has 62 valence electrons. The number of halogens is 2. The zero-order valence-electron chi connectivity index (χ0n) is 6.01. The molecular weight excluding hydrogens is 185 g/mol. The van der Waals surface area contributed by atoms with Crippen molar-refractivity contribution in [3.05, 3.63) is 28.8 Å². The van der Waals surface area contributed by atoms with Crippen molar-refractivity contribution in [2.24, 2.45) is 0 Å². The third-order valence-electron chi connectivity index (χ3n) is 1.31. The molecule has 2 nitrogen and oxygen atoms in total. The molecule has 0 aliphatic rings. The van der Waals surface area contributed by atoms with E-state index in [1.807, 2.05) is 25.1 Å². The average Bonchev–Trinajstić information content (AvgIpc) is 2.04. The zero-order chi connectivity index (χ0) is 8.85. The second kappa shape index (κ2) is 5.24. The Morgan fingerprint density at radius 3 is 2.27 bits per heavy atom. The van der Waals surface area contributed by atoms with Crippen LogP contribution in [-0.2, 0) is 0 Å². The highest BCUT2D eigenvalue weighted by atomic mass is 35.5. The average molecular weight is 194 g/mol. The maximum absolute atomic E-state index is 6.47. The second-order valence-electron chi connectivity index (χ2n) is 1.95. The number of nitrogens with two attached hydrogens (primary N) is 1. The Kier molecular flexibility index (Phi) is 5.03. The third-order valence-corrected chi connectivity index (χ3v) is 1.72. The molecule has 0 bridgehead atoms. The van der Waals surface area contributed by atoms with Crippen molar-refractivity contribution in [2.45, 2.75) is 6.92 Å². The van der Waals surface area contributed by atoms with Crippen LogP contribution in [0.5, 0.6) is 0 Å². The van der Waals surface area contributed by atoms with E-state index < -0.39 is 0 Å². The summed E-state index contributed by atoms with van der Waals surface area (Å²) in [7, 11) is 0. The molecule has 4 heteroatoms. The lowest BCUT2D eigenvalue weighted by atomic mass is 10.2. The summed E-state index contributed by atoms with van der Waals surface area (Å²) in [6, 6.07) is 5.50. The quantitative estimate of drug-likeness (QED) is 0.622. The molecule has 0 fully saturated rings. The minimum atomic E-state index is 0.731. The first-order chi connectivity index (χ1) is 5.22. The van der Waals surface area contributed by atoms with Gasteiger partial charge in [-0.05, 0) is 24.6 Å². The molecule has 1 aromatic carbocycles. The molecule has 0 unspecified atom stereocenters. The topological polar surface area (TPSA) is 46.2 Å². The first kappa shape index (κ1) is 10.6. The molecule has 0 heterocycles. The SMILES string of the molecule is Cc1c(N)cccc1Cl.OCl. The maximum Gasteiger partial charge on any atom is 0.0579 e. The molecule has 1 aromatic rings. The lowest BCUT2D eigenvalue weighted by molar-refractivity contribution is 0.632. The summed E-state index contributed by atoms with van der Waals surface area (Å²) >= 11 is 9.37. The van der Waals surface area contributed by atoms with E-state index in [4.69, 9.17) is 22.0 Å². The minimum Gasteiger partial charge on any atom is -0.398 e. The van der Waals surface area contributed by atoms with Gasteiger partial charge in [0, 0.05) is 10.7 Å². The number of rotatable bonds is 0. The summed E-state index contributed by atoms with van der Waals surface area (Å²) in [5.41, 5.74) is 7.25. The van der Waals surface area contributed by atoms with E-state index >= 15 is 0 Å². The molecule has 0 aromatic heterocycles. The van der Waals surface area contributed by atoms with Gasteiger partial charge in [-0.3, -0.25) is 4.66 Å². The van der Waals surface area contributed by atoms with Crippen LogP contribution in [-0.4, -0.2) is 4.66 Å². The third kappa shape index (κ3) is 2.97. The number of hydrogen-bond donors (Lipinski definition) is 2. The van der Waals surface area contributed by atoms with Gasteiger partial charge in [-0.1, -0.05) is 17.7 Å². The molecule has 1 rings (SSSR count). The smallest absolute Gasteiger partial charge is 0.0579 e. The van der Waals surface area contributed by atoms with Gasteiger partial charge >= 0.3 is 0 Å². The predicted molar refractivity (Wildman–Crippen MR) is 48.7 cm³/mol. The van der Waals surface area contributed by atoms with E-state index in [-0.39, 0.29) is 0 Å². The minimum absolute atomic E-state index is 0.731. The lowest BCUT2D eigenvalue weighted by Gasteiger charge is -1.98. The number of benzene rings is 1. The first-order valence-corrected chi connectivity index (χ1v) is 3.61. The fourth-order valence-electron chi connectivity index (χ4n) is 0.624. The fraction of sp³-hybridized carbons (Fsp3) is 0.143. The predicted octanol–water partition coefficient (Wildman–Crippen LogP) is 2.36. The van der Waals surface area contributed by atoms with Gasteiger partial charge in [0.1, 0.15) is 0 Å². The van der Waals surface area contributed by atoms with E-state index in [1.54, 1.807) is 0 Å². The number of nitrogen functional groups attached to an aromatic ring is 1. The molecule has 0 aliphatic heterocycles. The molecular formula is C7H9Cl2NO. The van der Waals surface area contributed by atoms with Crippen molar-refractivity contribution in [1.82, 2.24) is 0 Å². The van der Waals surface area contributed by atoms with Crippen molar-refractivity contribution in [2.75, 3.05) is 5.73 Å². The summed E-state index contributed by atoms with van der Waals surface area (Å²) in [5.74, 6) is 0. The molecule has 3 N–H and O–H groups in total. The van der Waals surface area contributed by atoms with Crippen molar-refractivity contribution < 1.29 is 4.66 Å². The van der Waals surface area contributed by atoms with Crippen molar-refractivity contribution in [3.8, 4) is 0 Å². The Morgan fingerprint density at radius 2 is 1.91 bits per heavy atom. The maximum atomic E-state index is 6.47. The first-order valence-electron chi connectivity index (χ1n) is 2.89. The van der Waals surface area contributed by atoms with Gasteiger partial charge in [0.05, 0.1) is 11.9 Å². The molecule has 0 spiro atoms. The molecule has 0 aliphatic carbocycles. The van der Waals surface area contributed by atoms with Gasteiger partial charge in [-0.25, -0.2) is 0 Å². The van der Waals surface area contributed by atoms with Gasteiger partial charge in [0.25, 0.3) is 0 Å². The van der Waals surface area contributed by atoms with E-state index in [0.29, 0.717) is 0 Å². The monoisotopic (exact) mass is 193 g/mol. The molecule has 0 atom stereocenters. The van der Waals surface area contributed by atoms with E-state index in [0.717, 1.165) is 16.3 Å². The molecule has 0 saturated heterocycles. The van der Waals surface area contributed by atoms with Crippen LogP contribution in [0.1, 0.15) is 5.56 Å². The Labute approximate surface area is 75.7 Å². The van der Waals surface area contributed by atoms with Gasteiger partial charge in [-0.2, -0.15) is 0 Å². The van der Waals surface area contributed by atoms with Crippen LogP contribution in [0.3, 0.4) is 0 Å². The van der Waals surface area contributed by atoms with Gasteiger partial charge in [0.2, 0.25) is 0 Å². The summed E-state index contributed by atoms with van der Waals surface area (Å²) < 4.78 is 6.47. The fourth-order valence-corrected chi connectivity index (χ4v) is 0.806. The van der Waals surface area contributed by atoms with Crippen molar-refractivity contribution in [1.29, 1.82) is 0 Å². The largest absolute Gasteiger partial charge is 0.398 e. The van der Waals surface area contributed by atoms with Crippen LogP contribution in [0.2, 0.25) is 5.02 Å². The highest BCUT2D eigenvalue weighted by molar-refractivity contribution is 6.31. The normalized spacial score (nSPS) is 8.36. The van der Waals surface area contributed by atoms with Crippen LogP contribution in [0, 0.1) is 6.92 Å². The van der Waals surface area contributed by atoms with Crippen LogP contribution in [0.4, 0.5) is 5.69 Å². The van der Waals surface area contributed by atoms with Crippen LogP contribution >= 0.6 is 23.5 Å². The van der Waals surface area contributed by atoms with Crippen LogP contribution < -0.4 is 5.73 Å². The van der Waals surface area contributed by atoms with Crippen LogP contribution in [0.15, 0.2) is 18.2 Å². The highest BCUT2D eigenvalue weighted by Gasteiger charge is 1.94. The molecule has 0 amide bonds. The van der Waals surface area contributed by atoms with Gasteiger partial charge in [-0.15, -0.1) is 0 Å². The van der Waals surface area contributed by atoms with E-state index in [2.05, 4.69) is 11.9 Å². The highest BCUT2D eigenvalue weighted by Crippen LogP contribution is 2.19. The summed E-state index contributed by atoms with van der Waals surface area (Å²) in [6.45, 7) is 1.90. The summed E-state index contributed by atoms with van der Waals surface area (Å²) in [5, 5.41) is 0.731. The van der Waals surface area contributed by atoms with Gasteiger partial charge < -0.3 is 5.73 Å². The molecule has 11 heavy (non-hydrogen) atoms. The Hall–Kier alpha value is -0.440. The summed E-state index contributed by atoms with van der Waals surface area (Å²) in [4.78, 5) is 0. The standard InChI is InChI=1S/C7H8ClN.ClHO/c1-5-6(8)3-2-4-7(5)9;1-2/h2-4H,9H2,1H3;2H. The van der Waals surface area contributed by atoms with Gasteiger partial charge in [0.15, 0.2) is 0 Å². The van der Waals surface area contributed by atoms with E-state index in [9.17, 15) is 0 Å². The van der Waals surface area contributed by atoms with E-state index in [1.165, 1.54) is 0 Å². The second-order valence-corrected chi connectivity index (χ2v) is 2.36.